The van der Waals surface area contributed by atoms with Crippen LogP contribution in [-0.2, 0) is 25.8 Å². The Bertz CT molecular complexity index is 707. The molecule has 0 spiro atoms. The summed E-state index contributed by atoms with van der Waals surface area (Å²) in [5, 5.41) is 15.6. The van der Waals surface area contributed by atoms with Gasteiger partial charge in [0.2, 0.25) is 0 Å². The van der Waals surface area contributed by atoms with E-state index in [0.717, 1.165) is 69.5 Å². The van der Waals surface area contributed by atoms with Gasteiger partial charge in [0.05, 0.1) is 0 Å². The van der Waals surface area contributed by atoms with Gasteiger partial charge < -0.3 is 15.2 Å². The molecule has 3 rings (SSSR count). The standard InChI is InChI=1S/C21H32N6/c1-2-22-21(23-15-9-12-18-10-5-3-6-11-18)24-16-14-20-26-25-19-13-7-4-8-17-27(19)20/h3,5-6,10-11H,2,4,7-9,12-17H2,1H3,(H2,22,23,24). The third kappa shape index (κ3) is 6.08. The van der Waals surface area contributed by atoms with Gasteiger partial charge in [-0.3, -0.25) is 4.99 Å². The van der Waals surface area contributed by atoms with Gasteiger partial charge in [-0.25, -0.2) is 0 Å². The third-order valence-electron chi connectivity index (χ3n) is 4.91. The van der Waals surface area contributed by atoms with Crippen molar-refractivity contribution in [3.8, 4) is 0 Å². The van der Waals surface area contributed by atoms with E-state index in [2.05, 4.69) is 62.7 Å². The molecule has 0 bridgehead atoms. The number of hydrogen-bond donors (Lipinski definition) is 2. The molecule has 146 valence electrons. The topological polar surface area (TPSA) is 67.1 Å². The predicted octanol–water partition coefficient (Wildman–Crippen LogP) is 2.73. The van der Waals surface area contributed by atoms with E-state index < -0.39 is 0 Å². The average Bonchev–Trinajstić information content (AvgIpc) is 2.92. The maximum atomic E-state index is 4.70. The van der Waals surface area contributed by atoms with E-state index in [9.17, 15) is 0 Å². The maximum Gasteiger partial charge on any atom is 0.191 e. The maximum absolute atomic E-state index is 4.70. The Labute approximate surface area is 162 Å². The second-order valence-corrected chi connectivity index (χ2v) is 7.02. The van der Waals surface area contributed by atoms with Gasteiger partial charge in [-0.1, -0.05) is 36.8 Å². The summed E-state index contributed by atoms with van der Waals surface area (Å²) in [6.45, 7) is 5.67. The van der Waals surface area contributed by atoms with Crippen molar-refractivity contribution < 1.29 is 0 Å². The minimum atomic E-state index is 0.822. The quantitative estimate of drug-likeness (QED) is 0.427. The summed E-state index contributed by atoms with van der Waals surface area (Å²) < 4.78 is 2.32. The van der Waals surface area contributed by atoms with Crippen LogP contribution in [0.25, 0.3) is 0 Å². The molecule has 2 heterocycles. The van der Waals surface area contributed by atoms with Crippen LogP contribution in [-0.4, -0.2) is 40.4 Å². The van der Waals surface area contributed by atoms with Crippen molar-refractivity contribution >= 4 is 5.96 Å². The normalized spacial score (nSPS) is 14.5. The monoisotopic (exact) mass is 368 g/mol. The van der Waals surface area contributed by atoms with Crippen molar-refractivity contribution in [1.82, 2.24) is 25.4 Å². The molecule has 0 unspecified atom stereocenters. The number of aliphatic imine (C=N–C) groups is 1. The first-order valence-corrected chi connectivity index (χ1v) is 10.3. The molecule has 0 amide bonds. The van der Waals surface area contributed by atoms with Crippen LogP contribution in [0.15, 0.2) is 35.3 Å². The third-order valence-corrected chi connectivity index (χ3v) is 4.91. The summed E-state index contributed by atoms with van der Waals surface area (Å²) in [5.41, 5.74) is 1.37. The summed E-state index contributed by atoms with van der Waals surface area (Å²) in [6, 6.07) is 10.6. The van der Waals surface area contributed by atoms with Crippen LogP contribution in [0.1, 0.15) is 49.8 Å². The summed E-state index contributed by atoms with van der Waals surface area (Å²) >= 11 is 0. The molecule has 0 saturated carbocycles. The van der Waals surface area contributed by atoms with E-state index in [1.807, 2.05) is 0 Å². The summed E-state index contributed by atoms with van der Waals surface area (Å²) in [7, 11) is 0. The zero-order chi connectivity index (χ0) is 18.7. The Hall–Kier alpha value is -2.37. The van der Waals surface area contributed by atoms with Gasteiger partial charge in [-0.2, -0.15) is 0 Å². The molecule has 0 fully saturated rings. The van der Waals surface area contributed by atoms with Gasteiger partial charge in [0.1, 0.15) is 11.6 Å². The Morgan fingerprint density at radius 3 is 2.81 bits per heavy atom. The SMILES string of the molecule is CCNC(=NCCCc1ccccc1)NCCc1nnc2n1CCCCC2. The van der Waals surface area contributed by atoms with E-state index in [1.54, 1.807) is 0 Å². The van der Waals surface area contributed by atoms with Gasteiger partial charge >= 0.3 is 0 Å². The molecule has 2 aromatic rings. The highest BCUT2D eigenvalue weighted by Crippen LogP contribution is 2.14. The van der Waals surface area contributed by atoms with Gasteiger partial charge in [0.25, 0.3) is 0 Å². The van der Waals surface area contributed by atoms with Crippen molar-refractivity contribution in [2.24, 2.45) is 4.99 Å². The number of nitrogens with one attached hydrogen (secondary N) is 2. The van der Waals surface area contributed by atoms with Gasteiger partial charge in [0.15, 0.2) is 5.96 Å². The minimum Gasteiger partial charge on any atom is -0.357 e. The second-order valence-electron chi connectivity index (χ2n) is 7.02. The number of fused-ring (bicyclic) bond motifs is 1. The number of aromatic nitrogens is 3. The summed E-state index contributed by atoms with van der Waals surface area (Å²) in [4.78, 5) is 4.70. The molecule has 1 aromatic heterocycles. The van der Waals surface area contributed by atoms with E-state index in [-0.39, 0.29) is 0 Å². The number of benzene rings is 1. The molecule has 1 aromatic carbocycles. The van der Waals surface area contributed by atoms with Crippen molar-refractivity contribution in [2.45, 2.75) is 58.4 Å². The highest BCUT2D eigenvalue weighted by atomic mass is 15.3. The van der Waals surface area contributed by atoms with Crippen molar-refractivity contribution in [2.75, 3.05) is 19.6 Å². The smallest absolute Gasteiger partial charge is 0.191 e. The first-order valence-electron chi connectivity index (χ1n) is 10.3. The van der Waals surface area contributed by atoms with Crippen LogP contribution < -0.4 is 10.6 Å². The molecule has 1 aliphatic rings. The van der Waals surface area contributed by atoms with Crippen LogP contribution >= 0.6 is 0 Å². The molecule has 2 N–H and O–H groups in total. The van der Waals surface area contributed by atoms with Crippen LogP contribution in [0.5, 0.6) is 0 Å². The highest BCUT2D eigenvalue weighted by Gasteiger charge is 2.14. The molecule has 6 nitrogen and oxygen atoms in total. The van der Waals surface area contributed by atoms with Crippen molar-refractivity contribution in [1.29, 1.82) is 0 Å². The molecule has 6 heteroatoms. The first kappa shape index (κ1) is 19.4. The lowest BCUT2D eigenvalue weighted by molar-refractivity contribution is 0.600. The molecule has 0 radical (unpaired) electrons. The lowest BCUT2D eigenvalue weighted by atomic mass is 10.1. The molecular weight excluding hydrogens is 336 g/mol. The fourth-order valence-corrected chi connectivity index (χ4v) is 3.48. The Kier molecular flexibility index (Phi) is 7.69. The van der Waals surface area contributed by atoms with Crippen LogP contribution in [0.3, 0.4) is 0 Å². The van der Waals surface area contributed by atoms with Crippen LogP contribution in [0.4, 0.5) is 0 Å². The largest absolute Gasteiger partial charge is 0.357 e. The minimum absolute atomic E-state index is 0.822. The zero-order valence-corrected chi connectivity index (χ0v) is 16.5. The van der Waals surface area contributed by atoms with Crippen LogP contribution in [0, 0.1) is 0 Å². The van der Waals surface area contributed by atoms with Crippen molar-refractivity contribution in [3.63, 3.8) is 0 Å². The molecule has 0 atom stereocenters. The lowest BCUT2D eigenvalue weighted by Gasteiger charge is -2.12. The van der Waals surface area contributed by atoms with E-state index in [1.165, 1.54) is 24.8 Å². The van der Waals surface area contributed by atoms with Gasteiger partial charge in [0, 0.05) is 39.0 Å². The Balaban J connectivity index is 1.44. The average molecular weight is 369 g/mol. The molecular formula is C21H32N6. The van der Waals surface area contributed by atoms with E-state index >= 15 is 0 Å². The number of guanidine groups is 1. The molecule has 27 heavy (non-hydrogen) atoms. The second kappa shape index (κ2) is 10.7. The zero-order valence-electron chi connectivity index (χ0n) is 16.5. The number of hydrogen-bond acceptors (Lipinski definition) is 3. The highest BCUT2D eigenvalue weighted by molar-refractivity contribution is 5.79. The van der Waals surface area contributed by atoms with E-state index in [0.29, 0.717) is 0 Å². The molecule has 0 saturated heterocycles. The number of aryl methyl sites for hydroxylation is 2. The summed E-state index contributed by atoms with van der Waals surface area (Å²) in [5.74, 6) is 3.14. The fraction of sp³-hybridized carbons (Fsp3) is 0.571. The van der Waals surface area contributed by atoms with E-state index in [4.69, 9.17) is 4.99 Å². The Morgan fingerprint density at radius 1 is 1.07 bits per heavy atom. The molecule has 0 aliphatic carbocycles. The van der Waals surface area contributed by atoms with Crippen LogP contribution in [0.2, 0.25) is 0 Å². The van der Waals surface area contributed by atoms with Crippen molar-refractivity contribution in [3.05, 3.63) is 47.5 Å². The predicted molar refractivity (Wildman–Crippen MR) is 110 cm³/mol. The number of nitrogens with zero attached hydrogens (tertiary/aromatic N) is 4. The van der Waals surface area contributed by atoms with Gasteiger partial charge in [-0.05, 0) is 38.2 Å². The lowest BCUT2D eigenvalue weighted by Crippen LogP contribution is -2.38. The fourth-order valence-electron chi connectivity index (χ4n) is 3.48. The summed E-state index contributed by atoms with van der Waals surface area (Å²) in [6.07, 6.45) is 7.82. The molecule has 1 aliphatic heterocycles. The Morgan fingerprint density at radius 2 is 1.96 bits per heavy atom. The van der Waals surface area contributed by atoms with Gasteiger partial charge in [-0.15, -0.1) is 10.2 Å². The first-order chi connectivity index (χ1) is 13.4. The number of rotatable bonds is 8.